The van der Waals surface area contributed by atoms with Crippen molar-refractivity contribution in [2.75, 3.05) is 0 Å². The van der Waals surface area contributed by atoms with Crippen molar-refractivity contribution < 1.29 is 0 Å². The second-order valence-corrected chi connectivity index (χ2v) is 5.27. The van der Waals surface area contributed by atoms with Crippen LogP contribution in [-0.2, 0) is 13.6 Å². The minimum absolute atomic E-state index is 0.327. The highest BCUT2D eigenvalue weighted by atomic mass is 15.3. The summed E-state index contributed by atoms with van der Waals surface area (Å²) in [6.45, 7) is 4.86. The summed E-state index contributed by atoms with van der Waals surface area (Å²) in [6, 6.07) is 8.55. The first-order valence-corrected chi connectivity index (χ1v) is 6.81. The van der Waals surface area contributed by atoms with E-state index in [1.165, 1.54) is 0 Å². The highest BCUT2D eigenvalue weighted by molar-refractivity contribution is 5.81. The van der Waals surface area contributed by atoms with Crippen LogP contribution in [0.25, 0.3) is 22.6 Å². The fraction of sp³-hybridized carbons (Fsp3) is 0.333. The quantitative estimate of drug-likeness (QED) is 0.794. The lowest BCUT2D eigenvalue weighted by molar-refractivity contribution is 0.618. The van der Waals surface area contributed by atoms with Gasteiger partial charge in [0.2, 0.25) is 0 Å². The van der Waals surface area contributed by atoms with E-state index in [1.54, 1.807) is 6.20 Å². The van der Waals surface area contributed by atoms with Crippen LogP contribution in [0.3, 0.4) is 0 Å². The molecule has 20 heavy (non-hydrogen) atoms. The van der Waals surface area contributed by atoms with E-state index < -0.39 is 0 Å². The van der Waals surface area contributed by atoms with Crippen LogP contribution in [0, 0.1) is 0 Å². The molecule has 2 N–H and O–H groups in total. The van der Waals surface area contributed by atoms with Gasteiger partial charge in [0, 0.05) is 25.8 Å². The van der Waals surface area contributed by atoms with Crippen molar-refractivity contribution in [2.24, 2.45) is 12.8 Å². The number of hydrogen-bond donors (Lipinski definition) is 1. The van der Waals surface area contributed by atoms with Crippen LogP contribution in [0.4, 0.5) is 0 Å². The minimum atomic E-state index is 0.327. The summed E-state index contributed by atoms with van der Waals surface area (Å²) in [5.41, 5.74) is 9.95. The minimum Gasteiger partial charge on any atom is -0.326 e. The van der Waals surface area contributed by atoms with Gasteiger partial charge in [-0.15, -0.1) is 0 Å². The molecule has 3 aromatic rings. The third-order valence-electron chi connectivity index (χ3n) is 3.56. The molecule has 0 fully saturated rings. The summed E-state index contributed by atoms with van der Waals surface area (Å²) in [6.07, 6.45) is 1.80. The third-order valence-corrected chi connectivity index (χ3v) is 3.56. The Bertz CT molecular complexity index is 751. The monoisotopic (exact) mass is 269 g/mol. The maximum Gasteiger partial charge on any atom is 0.159 e. The van der Waals surface area contributed by atoms with Gasteiger partial charge < -0.3 is 10.3 Å². The van der Waals surface area contributed by atoms with Crippen molar-refractivity contribution in [1.82, 2.24) is 19.3 Å². The molecule has 5 heteroatoms. The van der Waals surface area contributed by atoms with Gasteiger partial charge in [-0.2, -0.15) is 5.10 Å². The van der Waals surface area contributed by atoms with Crippen LogP contribution < -0.4 is 5.73 Å². The first-order chi connectivity index (χ1) is 9.61. The van der Waals surface area contributed by atoms with E-state index in [0.29, 0.717) is 12.6 Å². The van der Waals surface area contributed by atoms with E-state index in [0.717, 1.165) is 28.1 Å². The molecule has 3 rings (SSSR count). The number of hydrogen-bond acceptors (Lipinski definition) is 3. The molecular weight excluding hydrogens is 250 g/mol. The molecule has 0 saturated heterocycles. The number of rotatable bonds is 3. The molecule has 104 valence electrons. The van der Waals surface area contributed by atoms with E-state index in [4.69, 9.17) is 10.7 Å². The molecule has 0 saturated carbocycles. The molecule has 2 aromatic heterocycles. The van der Waals surface area contributed by atoms with Gasteiger partial charge in [-0.1, -0.05) is 6.07 Å². The number of nitrogens with zero attached hydrogens (tertiary/aromatic N) is 4. The summed E-state index contributed by atoms with van der Waals surface area (Å²) >= 11 is 0. The largest absolute Gasteiger partial charge is 0.326 e. The van der Waals surface area contributed by atoms with Crippen LogP contribution in [0.2, 0.25) is 0 Å². The SMILES string of the molecule is CC(C)n1c(-c2ccnn2C)nc2cc(CN)ccc21. The van der Waals surface area contributed by atoms with E-state index in [-0.39, 0.29) is 0 Å². The van der Waals surface area contributed by atoms with Crippen LogP contribution >= 0.6 is 0 Å². The summed E-state index contributed by atoms with van der Waals surface area (Å²) < 4.78 is 4.09. The van der Waals surface area contributed by atoms with E-state index in [2.05, 4.69) is 41.7 Å². The highest BCUT2D eigenvalue weighted by Gasteiger charge is 2.17. The van der Waals surface area contributed by atoms with Crippen molar-refractivity contribution in [3.05, 3.63) is 36.0 Å². The number of aromatic nitrogens is 4. The number of fused-ring (bicyclic) bond motifs is 1. The summed E-state index contributed by atoms with van der Waals surface area (Å²) in [7, 11) is 1.94. The average Bonchev–Trinajstić information content (AvgIpc) is 3.00. The molecule has 0 unspecified atom stereocenters. The van der Waals surface area contributed by atoms with Gasteiger partial charge >= 0.3 is 0 Å². The standard InChI is InChI=1S/C15H19N5/c1-10(2)20-13-5-4-11(9-16)8-12(13)18-15(20)14-6-7-17-19(14)3/h4-8,10H,9,16H2,1-3H3. The van der Waals surface area contributed by atoms with Crippen molar-refractivity contribution in [1.29, 1.82) is 0 Å². The lowest BCUT2D eigenvalue weighted by Crippen LogP contribution is -2.05. The Morgan fingerprint density at radius 3 is 2.65 bits per heavy atom. The molecule has 0 aliphatic heterocycles. The summed E-state index contributed by atoms with van der Waals surface area (Å²) in [5.74, 6) is 0.948. The number of aryl methyl sites for hydroxylation is 1. The van der Waals surface area contributed by atoms with Gasteiger partial charge in [0.25, 0.3) is 0 Å². The zero-order valence-electron chi connectivity index (χ0n) is 12.0. The first kappa shape index (κ1) is 12.9. The zero-order valence-corrected chi connectivity index (χ0v) is 12.0. The van der Waals surface area contributed by atoms with Crippen LogP contribution in [0.1, 0.15) is 25.5 Å². The molecule has 0 amide bonds. The smallest absolute Gasteiger partial charge is 0.159 e. The van der Waals surface area contributed by atoms with Crippen molar-refractivity contribution in [3.63, 3.8) is 0 Å². The lowest BCUT2D eigenvalue weighted by atomic mass is 10.2. The molecule has 0 spiro atoms. The molecule has 0 radical (unpaired) electrons. The number of nitrogens with two attached hydrogens (primary N) is 1. The maximum atomic E-state index is 5.72. The van der Waals surface area contributed by atoms with Gasteiger partial charge in [0.15, 0.2) is 5.82 Å². The second kappa shape index (κ2) is 4.76. The Balaban J connectivity index is 2.31. The average molecular weight is 269 g/mol. The Hall–Kier alpha value is -2.14. The normalized spacial score (nSPS) is 11.7. The van der Waals surface area contributed by atoms with Gasteiger partial charge in [-0.3, -0.25) is 4.68 Å². The fourth-order valence-corrected chi connectivity index (χ4v) is 2.57. The predicted octanol–water partition coefficient (Wildman–Crippen LogP) is 2.48. The number of benzene rings is 1. The molecule has 0 aliphatic rings. The highest BCUT2D eigenvalue weighted by Crippen LogP contribution is 2.28. The maximum absolute atomic E-state index is 5.72. The van der Waals surface area contributed by atoms with Gasteiger partial charge in [-0.25, -0.2) is 4.98 Å². The zero-order chi connectivity index (χ0) is 14.3. The van der Waals surface area contributed by atoms with E-state index in [1.807, 2.05) is 17.8 Å². The topological polar surface area (TPSA) is 61.7 Å². The van der Waals surface area contributed by atoms with Crippen molar-refractivity contribution in [3.8, 4) is 11.5 Å². The molecular formula is C15H19N5. The van der Waals surface area contributed by atoms with Gasteiger partial charge in [0.1, 0.15) is 5.69 Å². The fourth-order valence-electron chi connectivity index (χ4n) is 2.57. The lowest BCUT2D eigenvalue weighted by Gasteiger charge is -2.13. The Labute approximate surface area is 118 Å². The van der Waals surface area contributed by atoms with E-state index >= 15 is 0 Å². The third kappa shape index (κ3) is 1.91. The summed E-state index contributed by atoms with van der Waals surface area (Å²) in [5, 5.41) is 4.24. The van der Waals surface area contributed by atoms with Gasteiger partial charge in [-0.05, 0) is 37.6 Å². The molecule has 0 aliphatic carbocycles. The van der Waals surface area contributed by atoms with Crippen molar-refractivity contribution in [2.45, 2.75) is 26.4 Å². The van der Waals surface area contributed by atoms with Crippen molar-refractivity contribution >= 4 is 11.0 Å². The molecule has 5 nitrogen and oxygen atoms in total. The van der Waals surface area contributed by atoms with Gasteiger partial charge in [0.05, 0.1) is 11.0 Å². The Morgan fingerprint density at radius 1 is 1.25 bits per heavy atom. The molecule has 1 aromatic carbocycles. The Kier molecular flexibility index (Phi) is 3.06. The first-order valence-electron chi connectivity index (χ1n) is 6.81. The molecule has 0 bridgehead atoms. The van der Waals surface area contributed by atoms with Crippen LogP contribution in [0.5, 0.6) is 0 Å². The van der Waals surface area contributed by atoms with Crippen LogP contribution in [-0.4, -0.2) is 19.3 Å². The second-order valence-electron chi connectivity index (χ2n) is 5.27. The molecule has 0 atom stereocenters. The van der Waals surface area contributed by atoms with E-state index in [9.17, 15) is 0 Å². The summed E-state index contributed by atoms with van der Waals surface area (Å²) in [4.78, 5) is 4.79. The Morgan fingerprint density at radius 2 is 2.05 bits per heavy atom. The predicted molar refractivity (Wildman–Crippen MR) is 80.2 cm³/mol. The number of imidazole rings is 1. The molecule has 2 heterocycles. The van der Waals surface area contributed by atoms with Crippen LogP contribution in [0.15, 0.2) is 30.5 Å².